The first-order valence-electron chi connectivity index (χ1n) is 6.69. The number of nitrogens with one attached hydrogen (secondary N) is 2. The number of aliphatic hydroxyl groups is 1. The van der Waals surface area contributed by atoms with Crippen LogP contribution < -0.4 is 15.4 Å². The van der Waals surface area contributed by atoms with Gasteiger partial charge in [0.1, 0.15) is 17.4 Å². The van der Waals surface area contributed by atoms with E-state index in [1.54, 1.807) is 24.3 Å². The summed E-state index contributed by atoms with van der Waals surface area (Å²) in [5, 5.41) is 23.0. The van der Waals surface area contributed by atoms with Crippen LogP contribution in [-0.2, 0) is 9.53 Å². The van der Waals surface area contributed by atoms with Gasteiger partial charge in [0.15, 0.2) is 0 Å². The SMILES string of the molecule is COc1ccccc1NC(=O)/C(C#N)=C\NCCOCCO. The van der Waals surface area contributed by atoms with Crippen LogP contribution >= 0.6 is 0 Å². The second kappa shape index (κ2) is 10.2. The molecule has 0 bridgehead atoms. The quantitative estimate of drug-likeness (QED) is 0.351. The van der Waals surface area contributed by atoms with Gasteiger partial charge in [-0.1, -0.05) is 12.1 Å². The van der Waals surface area contributed by atoms with Gasteiger partial charge in [-0.15, -0.1) is 0 Å². The third-order valence-corrected chi connectivity index (χ3v) is 2.59. The van der Waals surface area contributed by atoms with Crippen molar-refractivity contribution in [2.45, 2.75) is 0 Å². The van der Waals surface area contributed by atoms with Crippen LogP contribution in [0.5, 0.6) is 5.75 Å². The lowest BCUT2D eigenvalue weighted by atomic mass is 10.2. The van der Waals surface area contributed by atoms with Gasteiger partial charge in [0.25, 0.3) is 5.91 Å². The van der Waals surface area contributed by atoms with Gasteiger partial charge in [-0.3, -0.25) is 4.79 Å². The molecule has 1 rings (SSSR count). The summed E-state index contributed by atoms with van der Waals surface area (Å²) in [6, 6.07) is 8.76. The van der Waals surface area contributed by atoms with Gasteiger partial charge in [-0.05, 0) is 12.1 Å². The molecule has 1 aromatic carbocycles. The van der Waals surface area contributed by atoms with Gasteiger partial charge < -0.3 is 25.2 Å². The molecule has 0 spiro atoms. The predicted molar refractivity (Wildman–Crippen MR) is 81.2 cm³/mol. The fourth-order valence-electron chi connectivity index (χ4n) is 1.56. The van der Waals surface area contributed by atoms with E-state index in [1.165, 1.54) is 13.3 Å². The minimum Gasteiger partial charge on any atom is -0.495 e. The van der Waals surface area contributed by atoms with E-state index >= 15 is 0 Å². The summed E-state index contributed by atoms with van der Waals surface area (Å²) < 4.78 is 10.2. The van der Waals surface area contributed by atoms with Crippen molar-refractivity contribution in [3.63, 3.8) is 0 Å². The van der Waals surface area contributed by atoms with Crippen LogP contribution in [0, 0.1) is 11.3 Å². The number of nitrogens with zero attached hydrogens (tertiary/aromatic N) is 1. The summed E-state index contributed by atoms with van der Waals surface area (Å²) in [5.41, 5.74) is 0.426. The van der Waals surface area contributed by atoms with Crippen LogP contribution in [0.15, 0.2) is 36.0 Å². The molecule has 7 nitrogen and oxygen atoms in total. The van der Waals surface area contributed by atoms with Crippen LogP contribution in [0.3, 0.4) is 0 Å². The van der Waals surface area contributed by atoms with Gasteiger partial charge >= 0.3 is 0 Å². The fraction of sp³-hybridized carbons (Fsp3) is 0.333. The van der Waals surface area contributed by atoms with Gasteiger partial charge in [0, 0.05) is 12.7 Å². The molecule has 0 radical (unpaired) electrons. The maximum Gasteiger partial charge on any atom is 0.267 e. The zero-order valence-corrected chi connectivity index (χ0v) is 12.3. The number of hydrogen-bond acceptors (Lipinski definition) is 6. The van der Waals surface area contributed by atoms with Gasteiger partial charge in [-0.25, -0.2) is 0 Å². The maximum atomic E-state index is 12.0. The van der Waals surface area contributed by atoms with Crippen molar-refractivity contribution in [3.05, 3.63) is 36.0 Å². The summed E-state index contributed by atoms with van der Waals surface area (Å²) in [5.74, 6) is -0.0192. The van der Waals surface area contributed by atoms with E-state index in [4.69, 9.17) is 19.8 Å². The van der Waals surface area contributed by atoms with E-state index in [-0.39, 0.29) is 18.8 Å². The predicted octanol–water partition coefficient (Wildman–Crippen LogP) is 0.640. The van der Waals surface area contributed by atoms with Crippen molar-refractivity contribution < 1.29 is 19.4 Å². The minimum absolute atomic E-state index is 0.0411. The molecular formula is C15H19N3O4. The van der Waals surface area contributed by atoms with Crippen LogP contribution in [0.1, 0.15) is 0 Å². The molecular weight excluding hydrogens is 286 g/mol. The summed E-state index contributed by atoms with van der Waals surface area (Å²) >= 11 is 0. The number of rotatable bonds is 9. The third-order valence-electron chi connectivity index (χ3n) is 2.59. The van der Waals surface area contributed by atoms with Gasteiger partial charge in [0.05, 0.1) is 32.6 Å². The normalized spacial score (nSPS) is 10.7. The van der Waals surface area contributed by atoms with Crippen molar-refractivity contribution in [2.24, 2.45) is 0 Å². The lowest BCUT2D eigenvalue weighted by Gasteiger charge is -2.09. The van der Waals surface area contributed by atoms with Crippen LogP contribution in [0.2, 0.25) is 0 Å². The summed E-state index contributed by atoms with van der Waals surface area (Å²) in [6.45, 7) is 1.00. The van der Waals surface area contributed by atoms with Crippen molar-refractivity contribution in [1.82, 2.24) is 5.32 Å². The summed E-state index contributed by atoms with van der Waals surface area (Å²) in [6.07, 6.45) is 1.33. The van der Waals surface area contributed by atoms with E-state index in [0.29, 0.717) is 24.6 Å². The smallest absolute Gasteiger partial charge is 0.267 e. The Bertz CT molecular complexity index is 552. The average molecular weight is 305 g/mol. The highest BCUT2D eigenvalue weighted by molar-refractivity contribution is 6.07. The number of para-hydroxylation sites is 2. The molecule has 0 aliphatic heterocycles. The molecule has 118 valence electrons. The molecule has 0 aromatic heterocycles. The number of benzene rings is 1. The van der Waals surface area contributed by atoms with E-state index in [9.17, 15) is 4.79 Å². The molecule has 0 saturated carbocycles. The topological polar surface area (TPSA) is 104 Å². The maximum absolute atomic E-state index is 12.0. The van der Waals surface area contributed by atoms with Crippen molar-refractivity contribution in [1.29, 1.82) is 5.26 Å². The van der Waals surface area contributed by atoms with Crippen LogP contribution in [-0.4, -0.2) is 44.5 Å². The molecule has 0 saturated heterocycles. The molecule has 0 atom stereocenters. The number of aliphatic hydroxyl groups excluding tert-OH is 1. The Hall–Kier alpha value is -2.56. The second-order valence-corrected chi connectivity index (χ2v) is 4.11. The number of hydrogen-bond donors (Lipinski definition) is 3. The number of methoxy groups -OCH3 is 1. The Kier molecular flexibility index (Phi) is 8.12. The number of nitriles is 1. The number of carbonyl (C=O) groups excluding carboxylic acids is 1. The molecule has 1 aromatic rings. The van der Waals surface area contributed by atoms with Crippen LogP contribution in [0.25, 0.3) is 0 Å². The summed E-state index contributed by atoms with van der Waals surface area (Å²) in [7, 11) is 1.50. The monoisotopic (exact) mass is 305 g/mol. The van der Waals surface area contributed by atoms with Gasteiger partial charge in [0.2, 0.25) is 0 Å². The molecule has 7 heteroatoms. The van der Waals surface area contributed by atoms with E-state index in [1.807, 2.05) is 6.07 Å². The number of amides is 1. The highest BCUT2D eigenvalue weighted by Gasteiger charge is 2.11. The zero-order valence-electron chi connectivity index (χ0n) is 12.3. The van der Waals surface area contributed by atoms with E-state index < -0.39 is 5.91 Å². The van der Waals surface area contributed by atoms with Crippen LogP contribution in [0.4, 0.5) is 5.69 Å². The standard InChI is InChI=1S/C15H19N3O4/c1-21-14-5-3-2-4-13(14)18-15(20)12(10-16)11-17-6-8-22-9-7-19/h2-5,11,17,19H,6-9H2,1H3,(H,18,20)/b12-11-. The second-order valence-electron chi connectivity index (χ2n) is 4.11. The Morgan fingerprint density at radius 2 is 2.18 bits per heavy atom. The minimum atomic E-state index is -0.532. The highest BCUT2D eigenvalue weighted by atomic mass is 16.5. The molecule has 1 amide bonds. The lowest BCUT2D eigenvalue weighted by Crippen LogP contribution is -2.19. The van der Waals surface area contributed by atoms with Gasteiger partial charge in [-0.2, -0.15) is 5.26 Å². The van der Waals surface area contributed by atoms with E-state index in [0.717, 1.165) is 0 Å². The molecule has 0 fully saturated rings. The summed E-state index contributed by atoms with van der Waals surface area (Å²) in [4.78, 5) is 12.0. The molecule has 0 unspecified atom stereocenters. The molecule has 0 heterocycles. The third kappa shape index (κ3) is 5.83. The fourth-order valence-corrected chi connectivity index (χ4v) is 1.56. The first kappa shape index (κ1) is 17.5. The molecule has 22 heavy (non-hydrogen) atoms. The number of ether oxygens (including phenoxy) is 2. The lowest BCUT2D eigenvalue weighted by molar-refractivity contribution is -0.112. The zero-order chi connectivity index (χ0) is 16.2. The Morgan fingerprint density at radius 3 is 2.86 bits per heavy atom. The highest BCUT2D eigenvalue weighted by Crippen LogP contribution is 2.23. The molecule has 0 aliphatic carbocycles. The average Bonchev–Trinajstić information content (AvgIpc) is 2.54. The van der Waals surface area contributed by atoms with Crippen molar-refractivity contribution in [2.75, 3.05) is 38.8 Å². The number of carbonyl (C=O) groups is 1. The van der Waals surface area contributed by atoms with E-state index in [2.05, 4.69) is 10.6 Å². The van der Waals surface area contributed by atoms with Crippen molar-refractivity contribution >= 4 is 11.6 Å². The van der Waals surface area contributed by atoms with Crippen molar-refractivity contribution in [3.8, 4) is 11.8 Å². The first-order valence-corrected chi connectivity index (χ1v) is 6.69. The Labute approximate surface area is 129 Å². The number of anilines is 1. The first-order chi connectivity index (χ1) is 10.7. The Balaban J connectivity index is 2.55. The largest absolute Gasteiger partial charge is 0.495 e. The molecule has 3 N–H and O–H groups in total. The Morgan fingerprint density at radius 1 is 1.41 bits per heavy atom. The molecule has 0 aliphatic rings.